The molecule has 23 heavy (non-hydrogen) atoms. The number of nitrogens with two attached hydrogens (primary N) is 1. The maximum atomic E-state index is 12.4. The fourth-order valence-electron chi connectivity index (χ4n) is 2.31. The van der Waals surface area contributed by atoms with Crippen molar-refractivity contribution in [1.29, 1.82) is 0 Å². The molecule has 1 amide bonds. The Morgan fingerprint density at radius 1 is 1.22 bits per heavy atom. The lowest BCUT2D eigenvalue weighted by Crippen LogP contribution is -2.28. The Morgan fingerprint density at radius 3 is 2.61 bits per heavy atom. The average molecular weight is 311 g/mol. The molecular weight excluding hydrogens is 294 g/mol. The van der Waals surface area contributed by atoms with E-state index >= 15 is 0 Å². The highest BCUT2D eigenvalue weighted by molar-refractivity contribution is 5.95. The van der Waals surface area contributed by atoms with Gasteiger partial charge in [-0.05, 0) is 13.8 Å². The van der Waals surface area contributed by atoms with Crippen LogP contribution in [0.5, 0.6) is 0 Å². The van der Waals surface area contributed by atoms with Crippen LogP contribution in [-0.4, -0.2) is 31.3 Å². The monoisotopic (exact) mass is 311 g/mol. The number of benzene rings is 1. The molecule has 8 nitrogen and oxygen atoms in total. The van der Waals surface area contributed by atoms with Gasteiger partial charge in [0.2, 0.25) is 5.95 Å². The summed E-state index contributed by atoms with van der Waals surface area (Å²) >= 11 is 0. The molecule has 8 heteroatoms. The first-order chi connectivity index (χ1) is 11.1. The zero-order chi connectivity index (χ0) is 16.4. The van der Waals surface area contributed by atoms with Gasteiger partial charge in [0.1, 0.15) is 11.5 Å². The molecule has 0 aliphatic rings. The van der Waals surface area contributed by atoms with Crippen LogP contribution < -0.4 is 11.1 Å². The van der Waals surface area contributed by atoms with Crippen molar-refractivity contribution in [3.8, 4) is 11.3 Å². The second-order valence-electron chi connectivity index (χ2n) is 5.21. The Labute approximate surface area is 132 Å². The van der Waals surface area contributed by atoms with Crippen molar-refractivity contribution in [3.63, 3.8) is 0 Å². The molecule has 2 heterocycles. The first-order valence-electron chi connectivity index (χ1n) is 7.15. The van der Waals surface area contributed by atoms with Crippen molar-refractivity contribution >= 4 is 11.9 Å². The molecule has 0 radical (unpaired) electrons. The summed E-state index contributed by atoms with van der Waals surface area (Å²) in [6.07, 6.45) is 0. The molecule has 0 spiro atoms. The molecule has 0 bridgehead atoms. The van der Waals surface area contributed by atoms with E-state index in [1.807, 2.05) is 37.3 Å². The largest absolute Gasteiger partial charge is 0.367 e. The van der Waals surface area contributed by atoms with E-state index in [1.165, 1.54) is 0 Å². The number of hydrogen-bond acceptors (Lipinski definition) is 5. The summed E-state index contributed by atoms with van der Waals surface area (Å²) in [7, 11) is 0. The van der Waals surface area contributed by atoms with Crippen LogP contribution in [0.3, 0.4) is 0 Å². The Balaban J connectivity index is 1.79. The summed E-state index contributed by atoms with van der Waals surface area (Å²) in [5.41, 5.74) is 8.39. The highest BCUT2D eigenvalue weighted by Crippen LogP contribution is 2.23. The van der Waals surface area contributed by atoms with E-state index in [9.17, 15) is 4.79 Å². The zero-order valence-electron chi connectivity index (χ0n) is 12.8. The molecule has 1 atom stereocenters. The summed E-state index contributed by atoms with van der Waals surface area (Å²) in [6, 6.07) is 9.34. The first kappa shape index (κ1) is 14.8. The fourth-order valence-corrected chi connectivity index (χ4v) is 2.31. The van der Waals surface area contributed by atoms with Crippen LogP contribution in [0.15, 0.2) is 30.3 Å². The lowest BCUT2D eigenvalue weighted by molar-refractivity contribution is 0.0932. The van der Waals surface area contributed by atoms with Crippen LogP contribution >= 0.6 is 0 Å². The summed E-state index contributed by atoms with van der Waals surface area (Å²) in [5.74, 6) is 0.376. The van der Waals surface area contributed by atoms with Gasteiger partial charge >= 0.3 is 0 Å². The molecule has 0 saturated heterocycles. The number of anilines is 1. The van der Waals surface area contributed by atoms with Gasteiger partial charge in [-0.25, -0.2) is 0 Å². The van der Waals surface area contributed by atoms with Crippen molar-refractivity contribution < 1.29 is 4.79 Å². The van der Waals surface area contributed by atoms with Crippen molar-refractivity contribution in [1.82, 2.24) is 30.7 Å². The van der Waals surface area contributed by atoms with Gasteiger partial charge in [0.25, 0.3) is 5.91 Å². The standard InChI is InChI=1S/C15H17N7O/c1-8-11(10-6-4-3-5-7-10)19-20-12(8)14(23)17-9(2)13-18-15(16)22-21-13/h3-7,9H,1-2H3,(H,17,23)(H,19,20)(H3,16,18,21,22). The second-order valence-corrected chi connectivity index (χ2v) is 5.21. The third-order valence-corrected chi connectivity index (χ3v) is 3.56. The number of hydrogen-bond donors (Lipinski definition) is 4. The van der Waals surface area contributed by atoms with Crippen molar-refractivity contribution in [2.24, 2.45) is 0 Å². The predicted octanol–water partition coefficient (Wildman–Crippen LogP) is 1.58. The number of carbonyl (C=O) groups is 1. The SMILES string of the molecule is Cc1c(-c2ccccc2)n[nH]c1C(=O)NC(C)c1nc(N)n[nH]1. The molecule has 1 aromatic carbocycles. The van der Waals surface area contributed by atoms with E-state index in [1.54, 1.807) is 6.92 Å². The summed E-state index contributed by atoms with van der Waals surface area (Å²) in [6.45, 7) is 3.65. The number of amides is 1. The van der Waals surface area contributed by atoms with Crippen LogP contribution in [0.2, 0.25) is 0 Å². The third-order valence-electron chi connectivity index (χ3n) is 3.56. The second kappa shape index (κ2) is 5.91. The van der Waals surface area contributed by atoms with Crippen molar-refractivity contribution in [2.75, 3.05) is 5.73 Å². The predicted molar refractivity (Wildman–Crippen MR) is 85.4 cm³/mol. The Bertz CT molecular complexity index is 821. The summed E-state index contributed by atoms with van der Waals surface area (Å²) in [5, 5.41) is 16.3. The average Bonchev–Trinajstić information content (AvgIpc) is 3.14. The van der Waals surface area contributed by atoms with E-state index in [0.717, 1.165) is 16.8 Å². The number of rotatable bonds is 4. The minimum Gasteiger partial charge on any atom is -0.367 e. The maximum absolute atomic E-state index is 12.4. The Hall–Kier alpha value is -3.16. The van der Waals surface area contributed by atoms with Crippen LogP contribution in [0.25, 0.3) is 11.3 Å². The molecule has 0 saturated carbocycles. The van der Waals surface area contributed by atoms with Crippen molar-refractivity contribution in [3.05, 3.63) is 47.4 Å². The molecule has 0 fully saturated rings. The van der Waals surface area contributed by atoms with Crippen LogP contribution in [0.4, 0.5) is 5.95 Å². The lowest BCUT2D eigenvalue weighted by Gasteiger charge is -2.10. The number of aromatic amines is 2. The quantitative estimate of drug-likeness (QED) is 0.582. The number of aromatic nitrogens is 5. The van der Waals surface area contributed by atoms with Gasteiger partial charge in [0.05, 0.1) is 11.7 Å². The molecule has 3 rings (SSSR count). The molecule has 3 aromatic rings. The number of carbonyl (C=O) groups excluding carboxylic acids is 1. The van der Waals surface area contributed by atoms with Crippen LogP contribution in [-0.2, 0) is 0 Å². The normalized spacial score (nSPS) is 12.1. The van der Waals surface area contributed by atoms with Gasteiger partial charge < -0.3 is 11.1 Å². The zero-order valence-corrected chi connectivity index (χ0v) is 12.8. The van der Waals surface area contributed by atoms with E-state index in [0.29, 0.717) is 11.5 Å². The molecule has 2 aromatic heterocycles. The molecule has 0 aliphatic heterocycles. The van der Waals surface area contributed by atoms with E-state index in [-0.39, 0.29) is 17.9 Å². The van der Waals surface area contributed by atoms with Gasteiger partial charge in [0.15, 0.2) is 0 Å². The molecule has 118 valence electrons. The molecule has 5 N–H and O–H groups in total. The topological polar surface area (TPSA) is 125 Å². The third kappa shape index (κ3) is 2.91. The number of nitrogen functional groups attached to an aromatic ring is 1. The van der Waals surface area contributed by atoms with Crippen molar-refractivity contribution in [2.45, 2.75) is 19.9 Å². The minimum absolute atomic E-state index is 0.144. The molecule has 1 unspecified atom stereocenters. The van der Waals surface area contributed by atoms with Gasteiger partial charge in [-0.3, -0.25) is 15.0 Å². The molecular formula is C15H17N7O. The van der Waals surface area contributed by atoms with Crippen LogP contribution in [0, 0.1) is 6.92 Å². The molecule has 0 aliphatic carbocycles. The van der Waals surface area contributed by atoms with E-state index in [4.69, 9.17) is 5.73 Å². The van der Waals surface area contributed by atoms with Gasteiger partial charge in [-0.15, -0.1) is 5.10 Å². The first-order valence-corrected chi connectivity index (χ1v) is 7.15. The van der Waals surface area contributed by atoms with E-state index < -0.39 is 0 Å². The highest BCUT2D eigenvalue weighted by atomic mass is 16.2. The summed E-state index contributed by atoms with van der Waals surface area (Å²) < 4.78 is 0. The van der Waals surface area contributed by atoms with Gasteiger partial charge in [-0.2, -0.15) is 10.1 Å². The number of H-pyrrole nitrogens is 2. The lowest BCUT2D eigenvalue weighted by atomic mass is 10.1. The fraction of sp³-hybridized carbons (Fsp3) is 0.200. The summed E-state index contributed by atoms with van der Waals surface area (Å²) in [4.78, 5) is 16.4. The van der Waals surface area contributed by atoms with Gasteiger partial charge in [-0.1, -0.05) is 30.3 Å². The maximum Gasteiger partial charge on any atom is 0.270 e. The van der Waals surface area contributed by atoms with E-state index in [2.05, 4.69) is 30.7 Å². The smallest absolute Gasteiger partial charge is 0.270 e. The van der Waals surface area contributed by atoms with Crippen LogP contribution in [0.1, 0.15) is 34.8 Å². The Morgan fingerprint density at radius 2 is 1.96 bits per heavy atom. The minimum atomic E-state index is -0.352. The van der Waals surface area contributed by atoms with Gasteiger partial charge in [0, 0.05) is 11.1 Å². The Kier molecular flexibility index (Phi) is 3.80. The highest BCUT2D eigenvalue weighted by Gasteiger charge is 2.20. The number of nitrogens with zero attached hydrogens (tertiary/aromatic N) is 3. The number of nitrogens with one attached hydrogen (secondary N) is 3.